The molecule has 2 bridgehead atoms. The third-order valence-corrected chi connectivity index (χ3v) is 8.01. The van der Waals surface area contributed by atoms with E-state index in [0.29, 0.717) is 30.6 Å². The van der Waals surface area contributed by atoms with Crippen LogP contribution in [0, 0.1) is 5.92 Å². The Kier molecular flexibility index (Phi) is 6.08. The average molecular weight is 499 g/mol. The maximum Gasteiger partial charge on any atom is 0.274 e. The van der Waals surface area contributed by atoms with Gasteiger partial charge in [0.15, 0.2) is 0 Å². The maximum absolute atomic E-state index is 14.9. The summed E-state index contributed by atoms with van der Waals surface area (Å²) < 4.78 is 41.0. The number of amides is 1. The van der Waals surface area contributed by atoms with Crippen molar-refractivity contribution in [2.75, 3.05) is 34.9 Å². The number of nitrogens with zero attached hydrogens (tertiary/aromatic N) is 3. The zero-order chi connectivity index (χ0) is 24.9. The van der Waals surface area contributed by atoms with Gasteiger partial charge >= 0.3 is 0 Å². The fraction of sp³-hybridized carbons (Fsp3) is 0.556. The molecule has 192 valence electrons. The number of pyridine rings is 1. The Hall–Kier alpha value is -2.78. The van der Waals surface area contributed by atoms with Crippen molar-refractivity contribution in [3.8, 4) is 0 Å². The topological polar surface area (TPSA) is 66.9 Å². The molecule has 1 amide bonds. The van der Waals surface area contributed by atoms with E-state index in [4.69, 9.17) is 9.47 Å². The van der Waals surface area contributed by atoms with E-state index in [1.54, 1.807) is 18.0 Å². The predicted octanol–water partition coefficient (Wildman–Crippen LogP) is 4.88. The molecule has 0 radical (unpaired) electrons. The summed E-state index contributed by atoms with van der Waals surface area (Å²) in [4.78, 5) is 22.4. The summed E-state index contributed by atoms with van der Waals surface area (Å²) in [6.45, 7) is 3.76. The first-order valence-electron chi connectivity index (χ1n) is 13.0. The normalized spacial score (nSPS) is 28.6. The number of nitrogens with one attached hydrogen (secondary N) is 1. The van der Waals surface area contributed by atoms with Gasteiger partial charge in [-0.2, -0.15) is 0 Å². The van der Waals surface area contributed by atoms with Crippen LogP contribution in [0.5, 0.6) is 0 Å². The van der Waals surface area contributed by atoms with E-state index in [1.165, 1.54) is 0 Å². The first-order valence-corrected chi connectivity index (χ1v) is 13.0. The second-order valence-corrected chi connectivity index (χ2v) is 10.3. The Bertz CT molecular complexity index is 1140. The number of ether oxygens (including phenoxy) is 2. The predicted molar refractivity (Wildman–Crippen MR) is 133 cm³/mol. The van der Waals surface area contributed by atoms with Crippen molar-refractivity contribution >= 4 is 28.8 Å². The number of carbonyl (C=O) groups is 1. The molecule has 5 heterocycles. The van der Waals surface area contributed by atoms with E-state index in [0.717, 1.165) is 36.3 Å². The number of morpholine rings is 1. The summed E-state index contributed by atoms with van der Waals surface area (Å²) in [6.07, 6.45) is 3.00. The summed E-state index contributed by atoms with van der Waals surface area (Å²) >= 11 is 0. The Labute approximate surface area is 209 Å². The number of piperidine rings is 1. The third kappa shape index (κ3) is 4.22. The first-order chi connectivity index (χ1) is 17.4. The molecule has 1 aliphatic carbocycles. The standard InChI is InChI=1S/C27H32F2N4O3/c1-2-35-24-10-5-17(13-27(24,28)29)26(34)33-14-18-4-3-11-30-25(18)31-22-9-7-19(12-23(22)33)32-15-21-8-6-20(32)16-36-21/h3-4,7,9,11-12,17,20-21,24H,2,5-6,8,10,13-16H2,1H3,(H,30,31)/t17-,20-,21-,24-/m0/s1. The molecule has 9 heteroatoms. The highest BCUT2D eigenvalue weighted by Crippen LogP contribution is 2.44. The molecule has 36 heavy (non-hydrogen) atoms. The first kappa shape index (κ1) is 23.6. The van der Waals surface area contributed by atoms with Crippen molar-refractivity contribution in [2.45, 2.75) is 69.7 Å². The van der Waals surface area contributed by atoms with E-state index >= 15 is 0 Å². The molecule has 2 aromatic rings. The molecule has 4 atom stereocenters. The van der Waals surface area contributed by atoms with Crippen LogP contribution in [0.25, 0.3) is 0 Å². The molecule has 4 fully saturated rings. The van der Waals surface area contributed by atoms with Gasteiger partial charge in [-0.1, -0.05) is 6.07 Å². The number of hydrogen-bond donors (Lipinski definition) is 1. The maximum atomic E-state index is 14.9. The van der Waals surface area contributed by atoms with Gasteiger partial charge in [-0.15, -0.1) is 0 Å². The van der Waals surface area contributed by atoms with Crippen molar-refractivity contribution < 1.29 is 23.0 Å². The largest absolute Gasteiger partial charge is 0.374 e. The SMILES string of the molecule is CCO[C@H]1CC[C@H](C(=O)N2Cc3cccnc3Nc3ccc(N4C[C@@H]5CC[C@H]4CO5)cc32)CC1(F)F. The Morgan fingerprint density at radius 1 is 1.25 bits per heavy atom. The number of benzene rings is 1. The van der Waals surface area contributed by atoms with Gasteiger partial charge < -0.3 is 24.6 Å². The van der Waals surface area contributed by atoms with Crippen LogP contribution in [0.4, 0.5) is 31.7 Å². The zero-order valence-electron chi connectivity index (χ0n) is 20.5. The van der Waals surface area contributed by atoms with Gasteiger partial charge in [0.1, 0.15) is 11.9 Å². The van der Waals surface area contributed by atoms with Gasteiger partial charge in [0.25, 0.3) is 5.92 Å². The van der Waals surface area contributed by atoms with Crippen LogP contribution >= 0.6 is 0 Å². The summed E-state index contributed by atoms with van der Waals surface area (Å²) in [5.74, 6) is -3.40. The van der Waals surface area contributed by atoms with Crippen LogP contribution in [0.1, 0.15) is 44.6 Å². The highest BCUT2D eigenvalue weighted by atomic mass is 19.3. The van der Waals surface area contributed by atoms with Gasteiger partial charge in [0, 0.05) is 42.9 Å². The fourth-order valence-corrected chi connectivity index (χ4v) is 6.12. The molecule has 1 aromatic heterocycles. The van der Waals surface area contributed by atoms with Crippen molar-refractivity contribution in [1.82, 2.24) is 4.98 Å². The number of alkyl halides is 2. The second kappa shape index (κ2) is 9.27. The lowest BCUT2D eigenvalue weighted by Gasteiger charge is -2.46. The molecular weight excluding hydrogens is 466 g/mol. The lowest BCUT2D eigenvalue weighted by Crippen LogP contribution is -2.54. The van der Waals surface area contributed by atoms with Gasteiger partial charge in [0.2, 0.25) is 5.91 Å². The minimum Gasteiger partial charge on any atom is -0.374 e. The van der Waals surface area contributed by atoms with Gasteiger partial charge in [-0.3, -0.25) is 4.79 Å². The van der Waals surface area contributed by atoms with Crippen LogP contribution in [-0.2, 0) is 20.8 Å². The molecule has 0 unspecified atom stereocenters. The molecule has 5 aliphatic rings. The van der Waals surface area contributed by atoms with Gasteiger partial charge in [0.05, 0.1) is 36.7 Å². The van der Waals surface area contributed by atoms with E-state index in [9.17, 15) is 13.6 Å². The number of hydrogen-bond acceptors (Lipinski definition) is 6. The molecule has 7 rings (SSSR count). The number of carbonyl (C=O) groups excluding carboxylic acids is 1. The van der Waals surface area contributed by atoms with Crippen molar-refractivity contribution in [1.29, 1.82) is 0 Å². The zero-order valence-corrected chi connectivity index (χ0v) is 20.5. The number of anilines is 4. The minimum atomic E-state index is -3.03. The summed E-state index contributed by atoms with van der Waals surface area (Å²) in [5, 5.41) is 3.38. The van der Waals surface area contributed by atoms with Crippen molar-refractivity contribution in [3.05, 3.63) is 42.1 Å². The third-order valence-electron chi connectivity index (χ3n) is 8.01. The summed E-state index contributed by atoms with van der Waals surface area (Å²) in [5.41, 5.74) is 3.32. The van der Waals surface area contributed by atoms with E-state index < -0.39 is 24.4 Å². The number of aromatic nitrogens is 1. The average Bonchev–Trinajstić information content (AvgIpc) is 3.06. The smallest absolute Gasteiger partial charge is 0.274 e. The highest BCUT2D eigenvalue weighted by Gasteiger charge is 2.49. The van der Waals surface area contributed by atoms with Crippen LogP contribution in [0.2, 0.25) is 0 Å². The molecule has 3 saturated heterocycles. The Morgan fingerprint density at radius 3 is 2.86 bits per heavy atom. The van der Waals surface area contributed by atoms with E-state index in [2.05, 4.69) is 21.3 Å². The lowest BCUT2D eigenvalue weighted by atomic mass is 9.83. The number of fused-ring (bicyclic) bond motifs is 5. The Balaban J connectivity index is 1.34. The van der Waals surface area contributed by atoms with Crippen LogP contribution < -0.4 is 15.1 Å². The lowest BCUT2D eigenvalue weighted by molar-refractivity contribution is -0.170. The van der Waals surface area contributed by atoms with Crippen molar-refractivity contribution in [2.24, 2.45) is 5.92 Å². The van der Waals surface area contributed by atoms with Crippen molar-refractivity contribution in [3.63, 3.8) is 0 Å². The van der Waals surface area contributed by atoms with E-state index in [-0.39, 0.29) is 31.6 Å². The monoisotopic (exact) mass is 498 g/mol. The Morgan fingerprint density at radius 2 is 2.14 bits per heavy atom. The highest BCUT2D eigenvalue weighted by molar-refractivity contribution is 6.00. The number of rotatable bonds is 4. The molecule has 1 N–H and O–H groups in total. The van der Waals surface area contributed by atoms with Crippen LogP contribution in [0.15, 0.2) is 36.5 Å². The number of halogens is 2. The molecule has 1 aromatic carbocycles. The summed E-state index contributed by atoms with van der Waals surface area (Å²) in [7, 11) is 0. The molecule has 1 saturated carbocycles. The second-order valence-electron chi connectivity index (χ2n) is 10.3. The van der Waals surface area contributed by atoms with Gasteiger partial charge in [-0.25, -0.2) is 13.8 Å². The van der Waals surface area contributed by atoms with E-state index in [1.807, 2.05) is 24.3 Å². The van der Waals surface area contributed by atoms with Gasteiger partial charge in [-0.05, 0) is 56.9 Å². The quantitative estimate of drug-likeness (QED) is 0.648. The van der Waals surface area contributed by atoms with Crippen LogP contribution in [0.3, 0.4) is 0 Å². The van der Waals surface area contributed by atoms with Crippen LogP contribution in [-0.4, -0.2) is 54.8 Å². The molecular formula is C27H32F2N4O3. The minimum absolute atomic E-state index is 0.172. The fourth-order valence-electron chi connectivity index (χ4n) is 6.12. The summed E-state index contributed by atoms with van der Waals surface area (Å²) in [6, 6.07) is 10.1. The molecule has 7 nitrogen and oxygen atoms in total. The molecule has 4 aliphatic heterocycles. The molecule has 0 spiro atoms.